The van der Waals surface area contributed by atoms with Crippen molar-refractivity contribution in [2.24, 2.45) is 17.8 Å². The van der Waals surface area contributed by atoms with E-state index in [4.69, 9.17) is 15.2 Å². The van der Waals surface area contributed by atoms with Gasteiger partial charge in [0.2, 0.25) is 0 Å². The summed E-state index contributed by atoms with van der Waals surface area (Å²) >= 11 is 0. The molecule has 2 N–H and O–H groups in total. The van der Waals surface area contributed by atoms with Crippen molar-refractivity contribution in [3.05, 3.63) is 102 Å². The number of aliphatic imine (C=N–C) groups is 1. The van der Waals surface area contributed by atoms with E-state index in [0.29, 0.717) is 35.2 Å². The molecule has 0 bridgehead atoms. The number of nitrogens with two attached hydrogens (primary N) is 1. The molecule has 1 amide bonds. The van der Waals surface area contributed by atoms with Crippen molar-refractivity contribution < 1.29 is 27.5 Å². The summed E-state index contributed by atoms with van der Waals surface area (Å²) in [6.07, 6.45) is 7.99. The number of amides is 1. The van der Waals surface area contributed by atoms with Crippen molar-refractivity contribution >= 4 is 55.4 Å². The molecule has 5 rings (SSSR count). The van der Waals surface area contributed by atoms with Crippen LogP contribution in [0.3, 0.4) is 0 Å². The molecule has 5 aromatic rings. The number of anilines is 1. The van der Waals surface area contributed by atoms with Gasteiger partial charge in [0.1, 0.15) is 17.3 Å². The van der Waals surface area contributed by atoms with Gasteiger partial charge in [0.05, 0.1) is 24.4 Å². The summed E-state index contributed by atoms with van der Waals surface area (Å²) < 4.78 is 41.9. The van der Waals surface area contributed by atoms with Crippen LogP contribution in [0.5, 0.6) is 0 Å². The highest BCUT2D eigenvalue weighted by Gasteiger charge is 2.30. The largest absolute Gasteiger partial charge is 0.465 e. The van der Waals surface area contributed by atoms with Gasteiger partial charge in [-0.25, -0.2) is 13.2 Å². The van der Waals surface area contributed by atoms with Gasteiger partial charge in [-0.3, -0.25) is 14.1 Å². The Kier molecular flexibility index (Phi) is 12.4. The fraction of sp³-hybridized carbons (Fsp3) is 0.333. The number of pyridine rings is 1. The number of nitrogens with zero attached hydrogens (tertiary/aromatic N) is 4. The predicted molar refractivity (Wildman–Crippen MR) is 201 cm³/mol. The van der Waals surface area contributed by atoms with Crippen LogP contribution in [0, 0.1) is 0 Å². The number of carbonyl (C=O) groups excluding carboxylic acids is 2. The Balaban J connectivity index is 1.33. The zero-order valence-corrected chi connectivity index (χ0v) is 30.2. The van der Waals surface area contributed by atoms with E-state index in [0.717, 1.165) is 45.7 Å². The maximum absolute atomic E-state index is 14.2. The number of para-hydroxylation sites is 1. The Hall–Kier alpha value is -5.23. The molecule has 0 aliphatic rings. The highest BCUT2D eigenvalue weighted by Crippen LogP contribution is 2.31. The fourth-order valence-electron chi connectivity index (χ4n) is 6.00. The number of fused-ring (bicyclic) bond motifs is 2. The van der Waals surface area contributed by atoms with Gasteiger partial charge < -0.3 is 19.8 Å². The van der Waals surface area contributed by atoms with Crippen LogP contribution in [0.15, 0.2) is 94.9 Å². The molecule has 0 radical (unpaired) electrons. The maximum atomic E-state index is 14.2. The van der Waals surface area contributed by atoms with Gasteiger partial charge in [-0.2, -0.15) is 4.99 Å². The van der Waals surface area contributed by atoms with Crippen molar-refractivity contribution in [3.8, 4) is 0 Å². The Morgan fingerprint density at radius 3 is 2.39 bits per heavy atom. The van der Waals surface area contributed by atoms with Gasteiger partial charge in [-0.1, -0.05) is 81.5 Å². The lowest BCUT2D eigenvalue weighted by Gasteiger charge is -2.24. The van der Waals surface area contributed by atoms with Gasteiger partial charge in [0.15, 0.2) is 0 Å². The first-order valence-electron chi connectivity index (χ1n) is 17.3. The number of sulfonamides is 1. The minimum atomic E-state index is -4.23. The summed E-state index contributed by atoms with van der Waals surface area (Å²) in [5.41, 5.74) is 10.2. The van der Waals surface area contributed by atoms with Crippen LogP contribution in [-0.4, -0.2) is 55.6 Å². The molecule has 0 spiro atoms. The van der Waals surface area contributed by atoms with E-state index in [2.05, 4.69) is 16.9 Å². The zero-order valence-electron chi connectivity index (χ0n) is 29.4. The monoisotopic (exact) mass is 711 g/mol. The molecule has 11 nitrogen and oxygen atoms in total. The van der Waals surface area contributed by atoms with Crippen LogP contribution in [0.1, 0.15) is 69.2 Å². The van der Waals surface area contributed by atoms with E-state index in [1.165, 1.54) is 25.3 Å². The number of carbonyl (C=O) groups is 2. The molecule has 0 aliphatic heterocycles. The molecule has 3 aromatic carbocycles. The number of esters is 1. The van der Waals surface area contributed by atoms with E-state index >= 15 is 0 Å². The van der Waals surface area contributed by atoms with Gasteiger partial charge in [0.25, 0.3) is 10.0 Å². The van der Waals surface area contributed by atoms with Gasteiger partial charge in [-0.15, -0.1) is 0 Å². The molecular formula is C39H45N5O6S. The van der Waals surface area contributed by atoms with Crippen LogP contribution in [0.2, 0.25) is 0 Å². The smallest absolute Gasteiger partial charge is 0.435 e. The molecule has 2 heterocycles. The minimum absolute atomic E-state index is 0.00191. The SMILES string of the molecule is CCCCCCCCOC(=O)N=C(N)c1ccc(Cc2cc3cc(N(CC(=O)OCC)S(=O)(=O)c4cccc5cccnc45)ccc3n2C)cc1. The molecule has 2 aromatic heterocycles. The highest BCUT2D eigenvalue weighted by atomic mass is 32.2. The number of ether oxygens (including phenoxy) is 2. The lowest BCUT2D eigenvalue weighted by molar-refractivity contribution is -0.141. The van der Waals surface area contributed by atoms with E-state index in [1.807, 2.05) is 48.0 Å². The number of hydrogen-bond acceptors (Lipinski definition) is 7. The number of unbranched alkanes of at least 4 members (excludes halogenated alkanes) is 5. The molecule has 0 saturated carbocycles. The van der Waals surface area contributed by atoms with Crippen LogP contribution in [-0.2, 0) is 37.8 Å². The summed E-state index contributed by atoms with van der Waals surface area (Å²) in [4.78, 5) is 33.1. The fourth-order valence-corrected chi connectivity index (χ4v) is 7.57. The normalized spacial score (nSPS) is 11.9. The number of benzene rings is 3. The second-order valence-corrected chi connectivity index (χ2v) is 14.2. The second-order valence-electron chi connectivity index (χ2n) is 12.3. The molecule has 0 saturated heterocycles. The van der Waals surface area contributed by atoms with E-state index in [9.17, 15) is 18.0 Å². The quantitative estimate of drug-likeness (QED) is 0.0487. The maximum Gasteiger partial charge on any atom is 0.435 e. The standard InChI is InChI=1S/C39H45N5O6S/c1-4-6-7-8-9-10-23-50-39(46)42-38(40)30-18-16-28(17-19-30)24-33-26-31-25-32(20-21-34(31)43(33)3)44(27-36(45)49-5-2)51(47,48)35-15-11-13-29-14-12-22-41-37(29)35/h11-22,25-26H,4-10,23-24,27H2,1-3H3,(H2,40,42,46). The van der Waals surface area contributed by atoms with Gasteiger partial charge in [-0.05, 0) is 55.3 Å². The highest BCUT2D eigenvalue weighted by molar-refractivity contribution is 7.93. The van der Waals surface area contributed by atoms with Crippen LogP contribution in [0.4, 0.5) is 10.5 Å². The first-order chi connectivity index (χ1) is 24.6. The van der Waals surface area contributed by atoms with E-state index < -0.39 is 28.6 Å². The average Bonchev–Trinajstić information content (AvgIpc) is 3.43. The van der Waals surface area contributed by atoms with E-state index in [-0.39, 0.29) is 17.3 Å². The molecule has 268 valence electrons. The molecular weight excluding hydrogens is 667 g/mol. The number of hydrogen-bond donors (Lipinski definition) is 1. The van der Waals surface area contributed by atoms with Crippen LogP contribution < -0.4 is 10.0 Å². The summed E-state index contributed by atoms with van der Waals surface area (Å²) in [5.74, 6) is -0.574. The second kappa shape index (κ2) is 17.1. The lowest BCUT2D eigenvalue weighted by atomic mass is 10.1. The Bertz CT molecular complexity index is 2120. The first kappa shape index (κ1) is 37.0. The van der Waals surface area contributed by atoms with Crippen molar-refractivity contribution in [2.45, 2.75) is 63.7 Å². The van der Waals surface area contributed by atoms with Gasteiger partial charge >= 0.3 is 12.1 Å². The number of aromatic nitrogens is 2. The minimum Gasteiger partial charge on any atom is -0.465 e. The summed E-state index contributed by atoms with van der Waals surface area (Å²) in [6.45, 7) is 3.80. The summed E-state index contributed by atoms with van der Waals surface area (Å²) in [6, 6.07) is 23.3. The third-order valence-electron chi connectivity index (χ3n) is 8.73. The van der Waals surface area contributed by atoms with Crippen molar-refractivity contribution in [1.29, 1.82) is 0 Å². The summed E-state index contributed by atoms with van der Waals surface area (Å²) in [5, 5.41) is 1.47. The lowest BCUT2D eigenvalue weighted by Crippen LogP contribution is -2.36. The molecule has 0 unspecified atom stereocenters. The molecule has 0 aliphatic carbocycles. The molecule has 0 atom stereocenters. The third kappa shape index (κ3) is 9.12. The third-order valence-corrected chi connectivity index (χ3v) is 10.5. The number of rotatable bonds is 16. The number of aryl methyl sites for hydroxylation is 1. The van der Waals surface area contributed by atoms with Crippen molar-refractivity contribution in [2.75, 3.05) is 24.1 Å². The Morgan fingerprint density at radius 1 is 0.882 bits per heavy atom. The van der Waals surface area contributed by atoms with Crippen molar-refractivity contribution in [3.63, 3.8) is 0 Å². The van der Waals surface area contributed by atoms with Gasteiger partial charge in [0, 0.05) is 47.2 Å². The zero-order chi connectivity index (χ0) is 36.4. The Labute approximate surface area is 299 Å². The topological polar surface area (TPSA) is 146 Å². The van der Waals surface area contributed by atoms with E-state index in [1.54, 1.807) is 49.5 Å². The molecule has 12 heteroatoms. The van der Waals surface area contributed by atoms with Crippen LogP contribution in [0.25, 0.3) is 21.8 Å². The first-order valence-corrected chi connectivity index (χ1v) is 18.8. The molecule has 0 fully saturated rings. The average molecular weight is 712 g/mol. The Morgan fingerprint density at radius 2 is 1.63 bits per heavy atom. The summed E-state index contributed by atoms with van der Waals surface area (Å²) in [7, 11) is -2.28. The predicted octanol–water partition coefficient (Wildman–Crippen LogP) is 7.28. The molecule has 51 heavy (non-hydrogen) atoms. The number of amidine groups is 1. The van der Waals surface area contributed by atoms with Crippen LogP contribution >= 0.6 is 0 Å². The van der Waals surface area contributed by atoms with Crippen molar-refractivity contribution in [1.82, 2.24) is 9.55 Å².